The molecular weight excluding hydrogens is 670 g/mol. The first-order chi connectivity index (χ1) is 25.8. The molecule has 1 atom stereocenters. The van der Waals surface area contributed by atoms with Gasteiger partial charge in [-0.15, -0.1) is 0 Å². The number of hydrogen-bond donors (Lipinski definition) is 4. The number of methoxy groups -OCH3 is 1. The van der Waals surface area contributed by atoms with Crippen molar-refractivity contribution in [3.05, 3.63) is 83.8 Å². The number of nitrogens with zero attached hydrogens (tertiary/aromatic N) is 5. The first-order valence-corrected chi connectivity index (χ1v) is 18.6. The molecule has 0 spiro atoms. The van der Waals surface area contributed by atoms with Crippen LogP contribution >= 0.6 is 0 Å². The average Bonchev–Trinajstić information content (AvgIpc) is 3.80. The van der Waals surface area contributed by atoms with E-state index in [1.807, 2.05) is 0 Å². The van der Waals surface area contributed by atoms with Crippen molar-refractivity contribution in [2.75, 3.05) is 37.8 Å². The maximum Gasteiger partial charge on any atom is 0.260 e. The number of carbonyl (C=O) groups is 3. The predicted octanol–water partition coefficient (Wildman–Crippen LogP) is 5.95. The molecular formula is C40H47N9O4. The largest absolute Gasteiger partial charge is 0.496 e. The van der Waals surface area contributed by atoms with Crippen molar-refractivity contribution in [3.63, 3.8) is 0 Å². The molecule has 276 valence electrons. The molecule has 13 nitrogen and oxygen atoms in total. The molecule has 1 aliphatic carbocycles. The Kier molecular flexibility index (Phi) is 10.8. The number of piperidine rings is 2. The van der Waals surface area contributed by atoms with Crippen LogP contribution < -0.4 is 21.1 Å². The number of nitrogens with two attached hydrogens (primary N) is 1. The summed E-state index contributed by atoms with van der Waals surface area (Å²) in [5.41, 5.74) is 9.78. The van der Waals surface area contributed by atoms with Crippen LogP contribution in [0, 0.1) is 11.3 Å². The number of fused-ring (bicyclic) bond motifs is 2. The fraction of sp³-hybridized carbons (Fsp3) is 0.400. The molecule has 8 rings (SSSR count). The van der Waals surface area contributed by atoms with Gasteiger partial charge in [0.1, 0.15) is 5.75 Å². The van der Waals surface area contributed by atoms with Crippen molar-refractivity contribution in [2.45, 2.75) is 69.7 Å². The Bertz CT molecular complexity index is 2130. The summed E-state index contributed by atoms with van der Waals surface area (Å²) in [6, 6.07) is 15.6. The fourth-order valence-electron chi connectivity index (χ4n) is 8.12. The predicted molar refractivity (Wildman–Crippen MR) is 205 cm³/mol. The number of hydrogen-bond acceptors (Lipinski definition) is 9. The molecule has 3 amide bonds. The second kappa shape index (κ2) is 16.0. The number of imidazole rings is 1. The van der Waals surface area contributed by atoms with Crippen LogP contribution in [-0.2, 0) is 9.59 Å². The summed E-state index contributed by atoms with van der Waals surface area (Å²) in [5, 5.41) is 17.9. The van der Waals surface area contributed by atoms with Gasteiger partial charge in [-0.05, 0) is 73.9 Å². The van der Waals surface area contributed by atoms with Crippen molar-refractivity contribution in [2.24, 2.45) is 5.92 Å². The van der Waals surface area contributed by atoms with E-state index in [1.54, 1.807) is 18.3 Å². The van der Waals surface area contributed by atoms with Gasteiger partial charge in [-0.25, -0.2) is 4.98 Å². The van der Waals surface area contributed by atoms with E-state index in [-0.39, 0.29) is 23.3 Å². The van der Waals surface area contributed by atoms with Gasteiger partial charge < -0.3 is 30.7 Å². The number of amides is 3. The molecule has 3 aromatic heterocycles. The number of nitrogens with one attached hydrogen (secondary N) is 3. The maximum absolute atomic E-state index is 12.5. The Hall–Kier alpha value is -5.56. The van der Waals surface area contributed by atoms with Crippen LogP contribution in [0.25, 0.3) is 16.6 Å². The topological polar surface area (TPSA) is 173 Å². The standard InChI is InChI=1S/C25H33N3O2.C15H14N6O2/c29-24-10-9-22(25(30)26-24)20-7-4-8-23-21(20)13-16-28(23)19-11-14-27(15-12-19)17-18-5-2-1-3-6-18;1-23-12-6-11(17)9(7-16)5-10(12)15(22)20-14-8-18-13-3-2-4-19-21(13)14/h4,7-8,13,16,18-19,22H,1-3,5-6,9-12,14-15,17H2,(H,26,29,30);2-8,16H,17H2,1H3,(H,20,22). The summed E-state index contributed by atoms with van der Waals surface area (Å²) in [6.07, 6.45) is 16.9. The van der Waals surface area contributed by atoms with E-state index >= 15 is 0 Å². The third kappa shape index (κ3) is 7.80. The molecule has 0 bridgehead atoms. The summed E-state index contributed by atoms with van der Waals surface area (Å²) in [6.45, 7) is 3.67. The van der Waals surface area contributed by atoms with Crippen LogP contribution in [-0.4, -0.2) is 74.7 Å². The molecule has 1 saturated carbocycles. The smallest absolute Gasteiger partial charge is 0.260 e. The fourth-order valence-corrected chi connectivity index (χ4v) is 8.12. The van der Waals surface area contributed by atoms with E-state index in [0.717, 1.165) is 23.1 Å². The second-order valence-electron chi connectivity index (χ2n) is 14.3. The quantitative estimate of drug-likeness (QED) is 0.0866. The summed E-state index contributed by atoms with van der Waals surface area (Å²) < 4.78 is 9.15. The molecule has 1 unspecified atom stereocenters. The zero-order valence-electron chi connectivity index (χ0n) is 30.1. The molecule has 5 aromatic rings. The number of ether oxygens (including phenoxy) is 1. The van der Waals surface area contributed by atoms with Crippen molar-refractivity contribution in [3.8, 4) is 5.75 Å². The number of likely N-dealkylation sites (tertiary alicyclic amines) is 1. The summed E-state index contributed by atoms with van der Waals surface area (Å²) in [7, 11) is 1.45. The average molecular weight is 718 g/mol. The van der Waals surface area contributed by atoms with Gasteiger partial charge in [0.2, 0.25) is 11.8 Å². The Balaban J connectivity index is 0.000000170. The highest BCUT2D eigenvalue weighted by atomic mass is 16.5. The highest BCUT2D eigenvalue weighted by molar-refractivity contribution is 6.07. The van der Waals surface area contributed by atoms with Crippen LogP contribution in [0.3, 0.4) is 0 Å². The molecule has 0 radical (unpaired) electrons. The van der Waals surface area contributed by atoms with Gasteiger partial charge in [0, 0.05) is 78.9 Å². The van der Waals surface area contributed by atoms with E-state index in [9.17, 15) is 14.4 Å². The SMILES string of the molecule is COc1cc(N)c(C=N)cc1C(=O)Nc1cnc2cccnn12.O=C1CCC(c2cccc3c2ccn3C2CCN(CC3CCCCC3)CC2)C(=O)N1. The monoisotopic (exact) mass is 717 g/mol. The van der Waals surface area contributed by atoms with Gasteiger partial charge in [-0.3, -0.25) is 19.7 Å². The number of nitrogen functional groups attached to an aromatic ring is 1. The number of imide groups is 1. The number of rotatable bonds is 8. The van der Waals surface area contributed by atoms with E-state index in [2.05, 4.69) is 60.6 Å². The number of aromatic nitrogens is 4. The van der Waals surface area contributed by atoms with Gasteiger partial charge in [-0.1, -0.05) is 31.4 Å². The Labute approximate surface area is 308 Å². The minimum Gasteiger partial charge on any atom is -0.496 e. The first kappa shape index (κ1) is 35.8. The molecule has 2 aliphatic heterocycles. The van der Waals surface area contributed by atoms with Crippen molar-refractivity contribution in [1.29, 1.82) is 5.41 Å². The second-order valence-corrected chi connectivity index (χ2v) is 14.3. The van der Waals surface area contributed by atoms with Gasteiger partial charge in [0.25, 0.3) is 5.91 Å². The molecule has 13 heteroatoms. The minimum atomic E-state index is -0.405. The lowest BCUT2D eigenvalue weighted by atomic mass is 9.88. The lowest BCUT2D eigenvalue weighted by Gasteiger charge is -2.36. The maximum atomic E-state index is 12.5. The lowest BCUT2D eigenvalue weighted by Crippen LogP contribution is -2.39. The molecule has 3 fully saturated rings. The Morgan fingerprint density at radius 1 is 1.06 bits per heavy atom. The van der Waals surface area contributed by atoms with E-state index in [1.165, 1.54) is 100 Å². The van der Waals surface area contributed by atoms with Gasteiger partial charge in [-0.2, -0.15) is 9.61 Å². The zero-order chi connectivity index (χ0) is 36.9. The van der Waals surface area contributed by atoms with Crippen LogP contribution in [0.15, 0.2) is 67.1 Å². The molecule has 53 heavy (non-hydrogen) atoms. The van der Waals surface area contributed by atoms with E-state index in [4.69, 9.17) is 15.9 Å². The van der Waals surface area contributed by atoms with Crippen molar-refractivity contribution in [1.82, 2.24) is 29.4 Å². The highest BCUT2D eigenvalue weighted by Crippen LogP contribution is 2.35. The highest BCUT2D eigenvalue weighted by Gasteiger charge is 2.30. The Morgan fingerprint density at radius 3 is 2.62 bits per heavy atom. The van der Waals surface area contributed by atoms with Crippen LogP contribution in [0.2, 0.25) is 0 Å². The van der Waals surface area contributed by atoms with Crippen LogP contribution in [0.1, 0.15) is 91.2 Å². The molecule has 5 N–H and O–H groups in total. The van der Waals surface area contributed by atoms with Gasteiger partial charge in [0.05, 0.1) is 24.8 Å². The zero-order valence-corrected chi connectivity index (χ0v) is 30.1. The third-order valence-electron chi connectivity index (χ3n) is 10.9. The normalized spacial score (nSPS) is 18.7. The van der Waals surface area contributed by atoms with Gasteiger partial charge >= 0.3 is 0 Å². The van der Waals surface area contributed by atoms with E-state index < -0.39 is 5.91 Å². The molecule has 2 saturated heterocycles. The van der Waals surface area contributed by atoms with Gasteiger partial charge in [0.15, 0.2) is 11.5 Å². The van der Waals surface area contributed by atoms with Crippen LogP contribution in [0.4, 0.5) is 11.5 Å². The van der Waals surface area contributed by atoms with E-state index in [0.29, 0.717) is 47.3 Å². The van der Waals surface area contributed by atoms with Crippen molar-refractivity contribution < 1.29 is 19.1 Å². The third-order valence-corrected chi connectivity index (χ3v) is 10.9. The summed E-state index contributed by atoms with van der Waals surface area (Å²) >= 11 is 0. The lowest BCUT2D eigenvalue weighted by molar-refractivity contribution is -0.134. The number of carbonyl (C=O) groups excluding carboxylic acids is 3. The van der Waals surface area contributed by atoms with Crippen LogP contribution in [0.5, 0.6) is 5.75 Å². The van der Waals surface area contributed by atoms with Crippen molar-refractivity contribution >= 4 is 52.0 Å². The number of anilines is 2. The Morgan fingerprint density at radius 2 is 1.87 bits per heavy atom. The summed E-state index contributed by atoms with van der Waals surface area (Å²) in [5.74, 6) is 0.743. The molecule has 2 aromatic carbocycles. The number of benzene rings is 2. The first-order valence-electron chi connectivity index (χ1n) is 18.6. The molecule has 3 aliphatic rings. The summed E-state index contributed by atoms with van der Waals surface area (Å²) in [4.78, 5) is 43.3. The minimum absolute atomic E-state index is 0.150. The molecule has 5 heterocycles.